The van der Waals surface area contributed by atoms with Gasteiger partial charge in [0.05, 0.1) is 0 Å². The minimum atomic E-state index is 0.499. The molecule has 0 aromatic heterocycles. The van der Waals surface area contributed by atoms with Crippen LogP contribution in [0.2, 0.25) is 0 Å². The largest absolute Gasteiger partial charge is 0.313 e. The lowest BCUT2D eigenvalue weighted by Gasteiger charge is -2.40. The first kappa shape index (κ1) is 13.6. The van der Waals surface area contributed by atoms with Crippen molar-refractivity contribution in [2.24, 2.45) is 0 Å². The van der Waals surface area contributed by atoms with Crippen molar-refractivity contribution in [2.75, 3.05) is 13.6 Å². The Balaban J connectivity index is 2.06. The molecule has 1 aromatic carbocycles. The van der Waals surface area contributed by atoms with Crippen LogP contribution in [0, 0.1) is 0 Å². The smallest absolute Gasteiger partial charge is 0.0472 e. The fourth-order valence-electron chi connectivity index (χ4n) is 2.57. The first-order chi connectivity index (χ1) is 8.68. The zero-order valence-corrected chi connectivity index (χ0v) is 11.9. The summed E-state index contributed by atoms with van der Waals surface area (Å²) >= 11 is 0. The van der Waals surface area contributed by atoms with Crippen molar-refractivity contribution in [1.29, 1.82) is 0 Å². The summed E-state index contributed by atoms with van der Waals surface area (Å²) in [7, 11) is 2.28. The molecule has 0 spiro atoms. The van der Waals surface area contributed by atoms with E-state index in [0.717, 1.165) is 12.6 Å². The Hall–Kier alpha value is -0.860. The van der Waals surface area contributed by atoms with E-state index in [-0.39, 0.29) is 0 Å². The fraction of sp³-hybridized carbons (Fsp3) is 0.625. The second-order valence-corrected chi connectivity index (χ2v) is 5.74. The molecule has 1 N–H and O–H groups in total. The third-order valence-electron chi connectivity index (χ3n) is 4.05. The van der Waals surface area contributed by atoms with Crippen LogP contribution in [0.5, 0.6) is 0 Å². The van der Waals surface area contributed by atoms with Crippen LogP contribution in [0.1, 0.15) is 44.7 Å². The number of rotatable bonds is 6. The Labute approximate surface area is 111 Å². The molecule has 0 heterocycles. The lowest BCUT2D eigenvalue weighted by atomic mass is 9.89. The SMILES string of the molecule is CC(C)NCC(c1ccccc1)N(C)C1CCC1. The number of likely N-dealkylation sites (N-methyl/N-ethyl adjacent to an activating group) is 1. The van der Waals surface area contributed by atoms with Gasteiger partial charge in [0.15, 0.2) is 0 Å². The molecule has 2 heteroatoms. The summed E-state index contributed by atoms with van der Waals surface area (Å²) in [6.07, 6.45) is 4.12. The molecule has 1 atom stereocenters. The minimum absolute atomic E-state index is 0.499. The van der Waals surface area contributed by atoms with Crippen molar-refractivity contribution in [3.63, 3.8) is 0 Å². The minimum Gasteiger partial charge on any atom is -0.313 e. The normalized spacial score (nSPS) is 18.1. The maximum atomic E-state index is 3.59. The van der Waals surface area contributed by atoms with Crippen LogP contribution in [-0.4, -0.2) is 30.6 Å². The highest BCUT2D eigenvalue weighted by molar-refractivity contribution is 5.19. The molecule has 1 aromatic rings. The van der Waals surface area contributed by atoms with Crippen LogP contribution in [0.4, 0.5) is 0 Å². The van der Waals surface area contributed by atoms with Gasteiger partial charge in [0.25, 0.3) is 0 Å². The van der Waals surface area contributed by atoms with E-state index < -0.39 is 0 Å². The van der Waals surface area contributed by atoms with Gasteiger partial charge >= 0.3 is 0 Å². The number of hydrogen-bond donors (Lipinski definition) is 1. The van der Waals surface area contributed by atoms with E-state index in [1.165, 1.54) is 24.8 Å². The van der Waals surface area contributed by atoms with Crippen molar-refractivity contribution in [2.45, 2.75) is 51.2 Å². The topological polar surface area (TPSA) is 15.3 Å². The van der Waals surface area contributed by atoms with Crippen molar-refractivity contribution < 1.29 is 0 Å². The lowest BCUT2D eigenvalue weighted by Crippen LogP contribution is -2.44. The quantitative estimate of drug-likeness (QED) is 0.829. The van der Waals surface area contributed by atoms with E-state index in [2.05, 4.69) is 61.4 Å². The molecule has 0 aliphatic heterocycles. The summed E-state index contributed by atoms with van der Waals surface area (Å²) in [5, 5.41) is 3.59. The zero-order valence-electron chi connectivity index (χ0n) is 11.9. The molecule has 1 saturated carbocycles. The summed E-state index contributed by atoms with van der Waals surface area (Å²) in [6.45, 7) is 5.46. The van der Waals surface area contributed by atoms with Crippen LogP contribution >= 0.6 is 0 Å². The van der Waals surface area contributed by atoms with E-state index in [9.17, 15) is 0 Å². The van der Waals surface area contributed by atoms with E-state index in [1.807, 2.05) is 0 Å². The van der Waals surface area contributed by atoms with Gasteiger partial charge < -0.3 is 5.32 Å². The van der Waals surface area contributed by atoms with Gasteiger partial charge in [-0.1, -0.05) is 50.6 Å². The summed E-state index contributed by atoms with van der Waals surface area (Å²) in [4.78, 5) is 2.56. The number of hydrogen-bond acceptors (Lipinski definition) is 2. The summed E-state index contributed by atoms with van der Waals surface area (Å²) in [6, 6.07) is 12.7. The standard InChI is InChI=1S/C16H26N2/c1-13(2)17-12-16(14-8-5-4-6-9-14)18(3)15-10-7-11-15/h4-6,8-9,13,15-17H,7,10-12H2,1-3H3. The first-order valence-corrected chi connectivity index (χ1v) is 7.18. The molecule has 2 nitrogen and oxygen atoms in total. The molecule has 1 fully saturated rings. The van der Waals surface area contributed by atoms with Gasteiger partial charge in [0, 0.05) is 24.7 Å². The molecule has 18 heavy (non-hydrogen) atoms. The Morgan fingerprint density at radius 3 is 2.39 bits per heavy atom. The molecule has 2 rings (SSSR count). The Bertz CT molecular complexity index is 343. The third kappa shape index (κ3) is 3.33. The molecule has 1 aliphatic carbocycles. The number of nitrogens with zero attached hydrogens (tertiary/aromatic N) is 1. The Morgan fingerprint density at radius 1 is 1.22 bits per heavy atom. The van der Waals surface area contributed by atoms with Gasteiger partial charge in [0.1, 0.15) is 0 Å². The highest BCUT2D eigenvalue weighted by atomic mass is 15.2. The molecule has 0 bridgehead atoms. The van der Waals surface area contributed by atoms with Crippen molar-refractivity contribution in [1.82, 2.24) is 10.2 Å². The Kier molecular flexibility index (Phi) is 4.79. The van der Waals surface area contributed by atoms with Gasteiger partial charge in [0.2, 0.25) is 0 Å². The lowest BCUT2D eigenvalue weighted by molar-refractivity contribution is 0.107. The first-order valence-electron chi connectivity index (χ1n) is 7.18. The Morgan fingerprint density at radius 2 is 1.89 bits per heavy atom. The molecule has 1 unspecified atom stereocenters. The predicted octanol–water partition coefficient (Wildman–Crippen LogP) is 3.21. The van der Waals surface area contributed by atoms with Crippen molar-refractivity contribution in [3.05, 3.63) is 35.9 Å². The third-order valence-corrected chi connectivity index (χ3v) is 4.05. The molecule has 0 amide bonds. The van der Waals surface area contributed by atoms with Crippen LogP contribution in [0.15, 0.2) is 30.3 Å². The summed E-state index contributed by atoms with van der Waals surface area (Å²) in [5.41, 5.74) is 1.43. The summed E-state index contributed by atoms with van der Waals surface area (Å²) < 4.78 is 0. The molecule has 0 saturated heterocycles. The highest BCUT2D eigenvalue weighted by Gasteiger charge is 2.28. The van der Waals surface area contributed by atoms with Gasteiger partial charge in [-0.3, -0.25) is 4.90 Å². The van der Waals surface area contributed by atoms with Crippen molar-refractivity contribution >= 4 is 0 Å². The van der Waals surface area contributed by atoms with Gasteiger partial charge in [-0.2, -0.15) is 0 Å². The van der Waals surface area contributed by atoms with Crippen molar-refractivity contribution in [3.8, 4) is 0 Å². The molecular weight excluding hydrogens is 220 g/mol. The highest BCUT2D eigenvalue weighted by Crippen LogP contribution is 2.30. The summed E-state index contributed by atoms with van der Waals surface area (Å²) in [5.74, 6) is 0. The van der Waals surface area contributed by atoms with E-state index in [1.54, 1.807) is 0 Å². The maximum absolute atomic E-state index is 3.59. The fourth-order valence-corrected chi connectivity index (χ4v) is 2.57. The molecule has 100 valence electrons. The second-order valence-electron chi connectivity index (χ2n) is 5.74. The number of benzene rings is 1. The van der Waals surface area contributed by atoms with E-state index >= 15 is 0 Å². The van der Waals surface area contributed by atoms with E-state index in [0.29, 0.717) is 12.1 Å². The van der Waals surface area contributed by atoms with Crippen LogP contribution in [0.3, 0.4) is 0 Å². The molecule has 1 aliphatic rings. The average molecular weight is 246 g/mol. The second kappa shape index (κ2) is 6.35. The van der Waals surface area contributed by atoms with Gasteiger partial charge in [-0.25, -0.2) is 0 Å². The maximum Gasteiger partial charge on any atom is 0.0472 e. The van der Waals surface area contributed by atoms with Gasteiger partial charge in [-0.15, -0.1) is 0 Å². The van der Waals surface area contributed by atoms with Crippen LogP contribution < -0.4 is 5.32 Å². The van der Waals surface area contributed by atoms with Crippen LogP contribution in [0.25, 0.3) is 0 Å². The predicted molar refractivity (Wildman–Crippen MR) is 77.7 cm³/mol. The van der Waals surface area contributed by atoms with E-state index in [4.69, 9.17) is 0 Å². The van der Waals surface area contributed by atoms with Crippen LogP contribution in [-0.2, 0) is 0 Å². The number of nitrogens with one attached hydrogen (secondary N) is 1. The molecular formula is C16H26N2. The van der Waals surface area contributed by atoms with Gasteiger partial charge in [-0.05, 0) is 25.5 Å². The molecule has 0 radical (unpaired) electrons. The monoisotopic (exact) mass is 246 g/mol. The average Bonchev–Trinajstić information content (AvgIpc) is 2.28. The zero-order chi connectivity index (χ0) is 13.0.